The Morgan fingerprint density at radius 2 is 1.83 bits per heavy atom. The molecule has 0 bridgehead atoms. The third kappa shape index (κ3) is 2.88. The maximum Gasteiger partial charge on any atom is 0.261 e. The fourth-order valence-corrected chi connectivity index (χ4v) is 6.82. The number of thiophene rings is 2. The first-order valence-corrected chi connectivity index (χ1v) is 10.9. The molecule has 1 fully saturated rings. The zero-order valence-electron chi connectivity index (χ0n) is 12.2. The van der Waals surface area contributed by atoms with Gasteiger partial charge in [0.15, 0.2) is 0 Å². The smallest absolute Gasteiger partial charge is 0.261 e. The fourth-order valence-electron chi connectivity index (χ4n) is 2.90. The lowest BCUT2D eigenvalue weighted by molar-refractivity contribution is 0.0938. The average Bonchev–Trinajstić information content (AvgIpc) is 3.07. The molecule has 23 heavy (non-hydrogen) atoms. The summed E-state index contributed by atoms with van der Waals surface area (Å²) >= 11 is 3.21. The molecule has 1 saturated heterocycles. The Balaban J connectivity index is 1.55. The highest BCUT2D eigenvalue weighted by Crippen LogP contribution is 2.39. The van der Waals surface area contributed by atoms with Gasteiger partial charge in [-0.3, -0.25) is 4.79 Å². The number of amides is 1. The number of fused-ring (bicyclic) bond motifs is 3. The van der Waals surface area contributed by atoms with E-state index in [4.69, 9.17) is 0 Å². The van der Waals surface area contributed by atoms with Crippen molar-refractivity contribution < 1.29 is 13.2 Å². The van der Waals surface area contributed by atoms with Crippen LogP contribution in [0.5, 0.6) is 0 Å². The quantitative estimate of drug-likeness (QED) is 0.757. The minimum absolute atomic E-state index is 0.0390. The van der Waals surface area contributed by atoms with Crippen LogP contribution in [0.4, 0.5) is 0 Å². The number of rotatable bonds is 2. The van der Waals surface area contributed by atoms with Crippen molar-refractivity contribution in [1.29, 1.82) is 0 Å². The summed E-state index contributed by atoms with van der Waals surface area (Å²) in [6.07, 6.45) is 1.02. The maximum absolute atomic E-state index is 12.4. The number of carbonyl (C=O) groups is 1. The zero-order valence-corrected chi connectivity index (χ0v) is 14.7. The van der Waals surface area contributed by atoms with Gasteiger partial charge in [-0.25, -0.2) is 8.42 Å². The second-order valence-corrected chi connectivity index (χ2v) is 10.2. The molecule has 1 N–H and O–H groups in total. The van der Waals surface area contributed by atoms with Crippen LogP contribution >= 0.6 is 22.7 Å². The number of hydrogen-bond donors (Lipinski definition) is 1. The van der Waals surface area contributed by atoms with Crippen molar-refractivity contribution >= 4 is 57.9 Å². The third-order valence-corrected chi connectivity index (χ3v) is 8.29. The van der Waals surface area contributed by atoms with Crippen LogP contribution in [-0.4, -0.2) is 31.9 Å². The van der Waals surface area contributed by atoms with E-state index in [1.807, 2.05) is 18.2 Å². The first-order valence-electron chi connectivity index (χ1n) is 7.44. The van der Waals surface area contributed by atoms with Crippen molar-refractivity contribution in [3.05, 3.63) is 35.2 Å². The molecule has 120 valence electrons. The van der Waals surface area contributed by atoms with Gasteiger partial charge in [0.2, 0.25) is 0 Å². The van der Waals surface area contributed by atoms with E-state index < -0.39 is 9.84 Å². The minimum Gasteiger partial charge on any atom is -0.349 e. The summed E-state index contributed by atoms with van der Waals surface area (Å²) in [6, 6.07) is 10.1. The largest absolute Gasteiger partial charge is 0.349 e. The van der Waals surface area contributed by atoms with Crippen molar-refractivity contribution in [2.75, 3.05) is 11.5 Å². The summed E-state index contributed by atoms with van der Waals surface area (Å²) in [4.78, 5) is 13.1. The monoisotopic (exact) mass is 365 g/mol. The van der Waals surface area contributed by atoms with Crippen LogP contribution < -0.4 is 5.32 Å². The number of sulfone groups is 1. The van der Waals surface area contributed by atoms with E-state index in [-0.39, 0.29) is 23.5 Å². The van der Waals surface area contributed by atoms with Crippen LogP contribution in [0.2, 0.25) is 0 Å². The second-order valence-electron chi connectivity index (χ2n) is 5.80. The highest BCUT2D eigenvalue weighted by molar-refractivity contribution is 7.91. The van der Waals surface area contributed by atoms with Crippen LogP contribution in [0.3, 0.4) is 0 Å². The second kappa shape index (κ2) is 5.58. The number of carbonyl (C=O) groups excluding carboxylic acids is 1. The third-order valence-electron chi connectivity index (χ3n) is 4.16. The van der Waals surface area contributed by atoms with Crippen LogP contribution in [0.1, 0.15) is 22.5 Å². The van der Waals surface area contributed by atoms with Gasteiger partial charge in [-0.05, 0) is 25.0 Å². The van der Waals surface area contributed by atoms with E-state index in [1.165, 1.54) is 21.4 Å². The minimum atomic E-state index is -2.90. The van der Waals surface area contributed by atoms with E-state index in [1.54, 1.807) is 11.3 Å². The highest BCUT2D eigenvalue weighted by atomic mass is 32.2. The lowest BCUT2D eigenvalue weighted by atomic mass is 10.1. The van der Waals surface area contributed by atoms with Crippen molar-refractivity contribution in [3.63, 3.8) is 0 Å². The molecule has 7 heteroatoms. The maximum atomic E-state index is 12.4. The number of nitrogens with one attached hydrogen (secondary N) is 1. The first kappa shape index (κ1) is 15.1. The molecule has 0 atom stereocenters. The van der Waals surface area contributed by atoms with Crippen molar-refractivity contribution in [2.24, 2.45) is 0 Å². The van der Waals surface area contributed by atoms with E-state index in [9.17, 15) is 13.2 Å². The predicted molar refractivity (Wildman–Crippen MR) is 96.4 cm³/mol. The van der Waals surface area contributed by atoms with Crippen LogP contribution in [-0.2, 0) is 9.84 Å². The molecule has 3 heterocycles. The Bertz CT molecular complexity index is 986. The summed E-state index contributed by atoms with van der Waals surface area (Å²) in [5.41, 5.74) is 0. The normalized spacial score (nSPS) is 18.4. The Kier molecular flexibility index (Phi) is 3.66. The van der Waals surface area contributed by atoms with Crippen molar-refractivity contribution in [3.8, 4) is 0 Å². The molecule has 1 aliphatic heterocycles. The molecule has 0 radical (unpaired) electrons. The number of benzene rings is 1. The van der Waals surface area contributed by atoms with Crippen molar-refractivity contribution in [1.82, 2.24) is 5.32 Å². The van der Waals surface area contributed by atoms with Gasteiger partial charge in [0.25, 0.3) is 5.91 Å². The van der Waals surface area contributed by atoms with Gasteiger partial charge >= 0.3 is 0 Å². The molecule has 0 saturated carbocycles. The molecule has 1 amide bonds. The average molecular weight is 366 g/mol. The number of hydrogen-bond acceptors (Lipinski definition) is 5. The molecule has 2 aromatic heterocycles. The molecule has 3 aromatic rings. The Labute approximate surface area is 142 Å². The molecular weight excluding hydrogens is 350 g/mol. The van der Waals surface area contributed by atoms with Gasteiger partial charge in [0.1, 0.15) is 9.84 Å². The molecule has 4 rings (SSSR count). The van der Waals surface area contributed by atoms with Gasteiger partial charge in [-0.2, -0.15) is 0 Å². The summed E-state index contributed by atoms with van der Waals surface area (Å²) in [7, 11) is -2.90. The topological polar surface area (TPSA) is 63.2 Å². The SMILES string of the molecule is O=C(NC1CCS(=O)(=O)CC1)c1cc2sc3ccccc3c2s1. The van der Waals surface area contributed by atoms with Crippen LogP contribution in [0, 0.1) is 0 Å². The molecule has 4 nitrogen and oxygen atoms in total. The molecule has 0 unspecified atom stereocenters. The Morgan fingerprint density at radius 1 is 1.09 bits per heavy atom. The van der Waals surface area contributed by atoms with Gasteiger partial charge in [-0.15, -0.1) is 22.7 Å². The first-order chi connectivity index (χ1) is 11.0. The van der Waals surface area contributed by atoms with Gasteiger partial charge in [0.05, 0.1) is 21.1 Å². The molecule has 0 aliphatic carbocycles. The summed E-state index contributed by atoms with van der Waals surface area (Å²) in [6.45, 7) is 0. The van der Waals surface area contributed by atoms with Gasteiger partial charge in [0, 0.05) is 20.8 Å². The zero-order chi connectivity index (χ0) is 16.0. The van der Waals surface area contributed by atoms with E-state index >= 15 is 0 Å². The summed E-state index contributed by atoms with van der Waals surface area (Å²) < 4.78 is 26.4. The molecule has 1 aliphatic rings. The van der Waals surface area contributed by atoms with Crippen LogP contribution in [0.25, 0.3) is 19.5 Å². The fraction of sp³-hybridized carbons (Fsp3) is 0.312. The standard InChI is InChI=1S/C16H15NO3S3/c18-16(17-10-5-7-23(19,20)8-6-10)14-9-13-15(22-14)11-3-1-2-4-12(11)21-13/h1-4,9-10H,5-8H2,(H,17,18). The lowest BCUT2D eigenvalue weighted by Crippen LogP contribution is -2.40. The molecular formula is C16H15NO3S3. The molecule has 0 spiro atoms. The van der Waals surface area contributed by atoms with Crippen LogP contribution in [0.15, 0.2) is 30.3 Å². The van der Waals surface area contributed by atoms with Gasteiger partial charge in [-0.1, -0.05) is 18.2 Å². The predicted octanol–water partition coefficient (Wildman–Crippen LogP) is 3.42. The lowest BCUT2D eigenvalue weighted by Gasteiger charge is -2.22. The van der Waals surface area contributed by atoms with E-state index in [2.05, 4.69) is 17.4 Å². The van der Waals surface area contributed by atoms with Crippen molar-refractivity contribution in [2.45, 2.75) is 18.9 Å². The summed E-state index contributed by atoms with van der Waals surface area (Å²) in [5.74, 6) is 0.247. The summed E-state index contributed by atoms with van der Waals surface area (Å²) in [5, 5.41) is 4.18. The molecule has 1 aromatic carbocycles. The van der Waals surface area contributed by atoms with E-state index in [0.717, 1.165) is 9.40 Å². The van der Waals surface area contributed by atoms with E-state index in [0.29, 0.717) is 17.7 Å². The van der Waals surface area contributed by atoms with Gasteiger partial charge < -0.3 is 5.32 Å². The Hall–Kier alpha value is -1.44. The Morgan fingerprint density at radius 3 is 2.61 bits per heavy atom. The highest BCUT2D eigenvalue weighted by Gasteiger charge is 2.25.